The van der Waals surface area contributed by atoms with Crippen LogP contribution in [0.4, 0.5) is 9.52 Å². The fraction of sp³-hybridized carbons (Fsp3) is 0.353. The van der Waals surface area contributed by atoms with Crippen molar-refractivity contribution >= 4 is 28.3 Å². The van der Waals surface area contributed by atoms with Gasteiger partial charge in [-0.25, -0.2) is 9.37 Å². The zero-order chi connectivity index (χ0) is 17.8. The molecule has 2 amide bonds. The number of carbonyl (C=O) groups excluding carboxylic acids is 2. The summed E-state index contributed by atoms with van der Waals surface area (Å²) in [7, 11) is 0. The maximum Gasteiger partial charge on any atom is 0.260 e. The van der Waals surface area contributed by atoms with E-state index in [1.807, 2.05) is 0 Å². The van der Waals surface area contributed by atoms with Gasteiger partial charge < -0.3 is 11.1 Å². The molecule has 3 rings (SSSR count). The molecule has 1 atom stereocenters. The van der Waals surface area contributed by atoms with Crippen LogP contribution in [-0.4, -0.2) is 29.4 Å². The first-order valence-corrected chi connectivity index (χ1v) is 8.93. The largest absolute Gasteiger partial charge is 0.354 e. The molecule has 0 bridgehead atoms. The molecule has 1 aliphatic carbocycles. The summed E-state index contributed by atoms with van der Waals surface area (Å²) < 4.78 is 13.6. The van der Waals surface area contributed by atoms with Crippen molar-refractivity contribution in [2.24, 2.45) is 11.7 Å². The predicted octanol–water partition coefficient (Wildman–Crippen LogP) is 1.93. The van der Waals surface area contributed by atoms with E-state index in [4.69, 9.17) is 5.73 Å². The molecular formula is C17H19FN4O2S. The van der Waals surface area contributed by atoms with Crippen LogP contribution >= 0.6 is 11.3 Å². The zero-order valence-corrected chi connectivity index (χ0v) is 14.3. The fourth-order valence-electron chi connectivity index (χ4n) is 2.41. The second-order valence-corrected chi connectivity index (χ2v) is 6.92. The number of hydrogen-bond donors (Lipinski definition) is 3. The number of hydrogen-bond acceptors (Lipinski definition) is 5. The van der Waals surface area contributed by atoms with Crippen molar-refractivity contribution in [3.8, 4) is 0 Å². The van der Waals surface area contributed by atoms with E-state index in [-0.39, 0.29) is 23.9 Å². The van der Waals surface area contributed by atoms with Crippen molar-refractivity contribution in [2.75, 3.05) is 11.9 Å². The Morgan fingerprint density at radius 2 is 2.12 bits per heavy atom. The summed E-state index contributed by atoms with van der Waals surface area (Å²) in [4.78, 5) is 28.1. The number of nitrogens with one attached hydrogen (secondary N) is 2. The summed E-state index contributed by atoms with van der Waals surface area (Å²) in [5.74, 6) is -0.796. The number of benzene rings is 1. The first-order chi connectivity index (χ1) is 12.0. The standard InChI is InChI=1S/C17H19FN4O2S/c18-13-4-2-1-3-12(13)16(24)22-17-21-11(9-25-17)7-15(23)20-8-14(19)10-5-6-10/h1-4,9-10,14H,5-8,19H2,(H,20,23)(H,21,22,24). The maximum atomic E-state index is 13.6. The fourth-order valence-corrected chi connectivity index (χ4v) is 3.11. The zero-order valence-electron chi connectivity index (χ0n) is 13.5. The monoisotopic (exact) mass is 362 g/mol. The molecule has 4 N–H and O–H groups in total. The molecule has 1 aromatic heterocycles. The summed E-state index contributed by atoms with van der Waals surface area (Å²) in [6, 6.07) is 5.73. The number of aromatic nitrogens is 1. The van der Waals surface area contributed by atoms with Gasteiger partial charge in [-0.1, -0.05) is 12.1 Å². The van der Waals surface area contributed by atoms with Crippen molar-refractivity contribution < 1.29 is 14.0 Å². The van der Waals surface area contributed by atoms with Gasteiger partial charge in [-0.15, -0.1) is 11.3 Å². The minimum atomic E-state index is -0.594. The van der Waals surface area contributed by atoms with Crippen LogP contribution in [0, 0.1) is 11.7 Å². The van der Waals surface area contributed by atoms with Crippen molar-refractivity contribution in [3.05, 3.63) is 46.7 Å². The normalized spacial score (nSPS) is 14.8. The number of halogens is 1. The molecule has 25 heavy (non-hydrogen) atoms. The minimum absolute atomic E-state index is 0.00926. The van der Waals surface area contributed by atoms with Crippen molar-refractivity contribution in [1.82, 2.24) is 10.3 Å². The Hall–Kier alpha value is -2.32. The lowest BCUT2D eigenvalue weighted by atomic mass is 10.2. The van der Waals surface area contributed by atoms with Gasteiger partial charge in [-0.05, 0) is 30.9 Å². The lowest BCUT2D eigenvalue weighted by molar-refractivity contribution is -0.120. The summed E-state index contributed by atoms with van der Waals surface area (Å²) in [5, 5.41) is 7.36. The average Bonchev–Trinajstić information content (AvgIpc) is 3.35. The van der Waals surface area contributed by atoms with Gasteiger partial charge >= 0.3 is 0 Å². The van der Waals surface area contributed by atoms with Crippen LogP contribution in [0.1, 0.15) is 28.9 Å². The molecule has 2 aromatic rings. The van der Waals surface area contributed by atoms with Crippen LogP contribution in [0.15, 0.2) is 29.6 Å². The van der Waals surface area contributed by atoms with Crippen LogP contribution < -0.4 is 16.4 Å². The highest BCUT2D eigenvalue weighted by Crippen LogP contribution is 2.31. The Labute approximate surface area is 148 Å². The van der Waals surface area contributed by atoms with Crippen molar-refractivity contribution in [2.45, 2.75) is 25.3 Å². The lowest BCUT2D eigenvalue weighted by Gasteiger charge is -2.10. The first kappa shape index (κ1) is 17.5. The van der Waals surface area contributed by atoms with Gasteiger partial charge in [-0.2, -0.15) is 0 Å². The van der Waals surface area contributed by atoms with E-state index in [9.17, 15) is 14.0 Å². The highest BCUT2D eigenvalue weighted by molar-refractivity contribution is 7.14. The highest BCUT2D eigenvalue weighted by Gasteiger charge is 2.28. The van der Waals surface area contributed by atoms with Crippen LogP contribution in [0.25, 0.3) is 0 Å². The minimum Gasteiger partial charge on any atom is -0.354 e. The van der Waals surface area contributed by atoms with Gasteiger partial charge in [0.15, 0.2) is 5.13 Å². The molecule has 0 saturated heterocycles. The summed E-state index contributed by atoms with van der Waals surface area (Å²) >= 11 is 1.19. The van der Waals surface area contributed by atoms with Gasteiger partial charge in [0.1, 0.15) is 5.82 Å². The Kier molecular flexibility index (Phi) is 5.40. The van der Waals surface area contributed by atoms with Gasteiger partial charge in [-0.3, -0.25) is 14.9 Å². The molecule has 1 unspecified atom stereocenters. The quantitative estimate of drug-likeness (QED) is 0.701. The lowest BCUT2D eigenvalue weighted by Crippen LogP contribution is -2.39. The molecule has 6 nitrogen and oxygen atoms in total. The van der Waals surface area contributed by atoms with Crippen LogP contribution in [0.3, 0.4) is 0 Å². The molecule has 0 radical (unpaired) electrons. The maximum absolute atomic E-state index is 13.6. The number of rotatable bonds is 7. The summed E-state index contributed by atoms with van der Waals surface area (Å²) in [5.41, 5.74) is 6.44. The van der Waals surface area contributed by atoms with Gasteiger partial charge in [0, 0.05) is 18.0 Å². The van der Waals surface area contributed by atoms with Crippen molar-refractivity contribution in [3.63, 3.8) is 0 Å². The summed E-state index contributed by atoms with van der Waals surface area (Å²) in [6.45, 7) is 0.463. The second kappa shape index (κ2) is 7.71. The van der Waals surface area contributed by atoms with Gasteiger partial charge in [0.25, 0.3) is 5.91 Å². The number of anilines is 1. The molecule has 1 fully saturated rings. The van der Waals surface area contributed by atoms with E-state index in [0.717, 1.165) is 12.8 Å². The van der Waals surface area contributed by atoms with E-state index in [2.05, 4.69) is 15.6 Å². The molecule has 1 aliphatic rings. The topological polar surface area (TPSA) is 97.1 Å². The first-order valence-electron chi connectivity index (χ1n) is 8.05. The smallest absolute Gasteiger partial charge is 0.260 e. The third kappa shape index (κ3) is 4.83. The van der Waals surface area contributed by atoms with E-state index >= 15 is 0 Å². The van der Waals surface area contributed by atoms with Crippen LogP contribution in [0.5, 0.6) is 0 Å². The molecule has 8 heteroatoms. The average molecular weight is 362 g/mol. The van der Waals surface area contributed by atoms with E-state index in [1.165, 1.54) is 29.5 Å². The van der Waals surface area contributed by atoms with Gasteiger partial charge in [0.05, 0.1) is 17.7 Å². The van der Waals surface area contributed by atoms with Crippen LogP contribution in [0.2, 0.25) is 0 Å². The predicted molar refractivity (Wildman–Crippen MR) is 93.9 cm³/mol. The Morgan fingerprint density at radius 3 is 2.84 bits per heavy atom. The van der Waals surface area contributed by atoms with E-state index in [0.29, 0.717) is 23.3 Å². The molecule has 1 saturated carbocycles. The number of nitrogens with zero attached hydrogens (tertiary/aromatic N) is 1. The molecule has 1 heterocycles. The molecule has 0 aliphatic heterocycles. The number of thiazole rings is 1. The van der Waals surface area contributed by atoms with Gasteiger partial charge in [0.2, 0.25) is 5.91 Å². The number of amides is 2. The third-order valence-electron chi connectivity index (χ3n) is 3.99. The molecule has 0 spiro atoms. The SMILES string of the molecule is NC(CNC(=O)Cc1csc(NC(=O)c2ccccc2F)n1)C1CC1. The highest BCUT2D eigenvalue weighted by atomic mass is 32.1. The molecule has 132 valence electrons. The Bertz CT molecular complexity index is 776. The Balaban J connectivity index is 1.50. The van der Waals surface area contributed by atoms with Crippen molar-refractivity contribution in [1.29, 1.82) is 0 Å². The number of carbonyl (C=O) groups is 2. The number of nitrogens with two attached hydrogens (primary N) is 1. The molecular weight excluding hydrogens is 343 g/mol. The summed E-state index contributed by atoms with van der Waals surface area (Å²) in [6.07, 6.45) is 2.38. The molecule has 1 aromatic carbocycles. The van der Waals surface area contributed by atoms with E-state index in [1.54, 1.807) is 11.4 Å². The Morgan fingerprint density at radius 1 is 1.36 bits per heavy atom. The third-order valence-corrected chi connectivity index (χ3v) is 4.80. The second-order valence-electron chi connectivity index (χ2n) is 6.06. The van der Waals surface area contributed by atoms with E-state index < -0.39 is 11.7 Å². The van der Waals surface area contributed by atoms with Crippen LogP contribution in [-0.2, 0) is 11.2 Å².